The molecule has 3 nitrogen and oxygen atoms in total. The maximum atomic E-state index is 4.09. The highest BCUT2D eigenvalue weighted by Crippen LogP contribution is 2.24. The lowest BCUT2D eigenvalue weighted by Gasteiger charge is -2.35. The molecule has 0 N–H and O–H groups in total. The fraction of sp³-hybridized carbons (Fsp3) is 0.389. The summed E-state index contributed by atoms with van der Waals surface area (Å²) in [4.78, 5) is 6.63. The van der Waals surface area contributed by atoms with E-state index < -0.39 is 0 Å². The fourth-order valence-corrected chi connectivity index (χ4v) is 3.02. The van der Waals surface area contributed by atoms with Crippen molar-refractivity contribution in [3.05, 3.63) is 61.2 Å². The van der Waals surface area contributed by atoms with Gasteiger partial charge in [0.25, 0.3) is 0 Å². The van der Waals surface area contributed by atoms with Crippen LogP contribution in [0.4, 0.5) is 5.69 Å². The number of unbranched alkanes of at least 4 members (excludes halogenated alkanes) is 1. The zero-order chi connectivity index (χ0) is 14.3. The van der Waals surface area contributed by atoms with Crippen molar-refractivity contribution < 1.29 is 0 Å². The minimum absolute atomic E-state index is 0.639. The van der Waals surface area contributed by atoms with Crippen LogP contribution in [0.3, 0.4) is 0 Å². The van der Waals surface area contributed by atoms with Crippen molar-refractivity contribution in [1.82, 2.24) is 9.55 Å². The SMILES string of the molecule is C1=CCN(c2ccccc2)C(CCCCn2ccnc2)C1. The van der Waals surface area contributed by atoms with Crippen LogP contribution in [0, 0.1) is 0 Å². The van der Waals surface area contributed by atoms with E-state index in [0.29, 0.717) is 6.04 Å². The first kappa shape index (κ1) is 13.9. The molecule has 1 aromatic carbocycles. The summed E-state index contributed by atoms with van der Waals surface area (Å²) < 4.78 is 2.16. The minimum atomic E-state index is 0.639. The Morgan fingerprint density at radius 1 is 1.10 bits per heavy atom. The Hall–Kier alpha value is -2.03. The number of para-hydroxylation sites is 1. The molecule has 21 heavy (non-hydrogen) atoms. The second-order valence-electron chi connectivity index (χ2n) is 5.65. The maximum absolute atomic E-state index is 4.09. The number of hydrogen-bond donors (Lipinski definition) is 0. The molecule has 1 aliphatic rings. The van der Waals surface area contributed by atoms with Crippen LogP contribution in [-0.2, 0) is 6.54 Å². The van der Waals surface area contributed by atoms with Gasteiger partial charge in [0, 0.05) is 37.2 Å². The largest absolute Gasteiger partial charge is 0.365 e. The van der Waals surface area contributed by atoms with Gasteiger partial charge >= 0.3 is 0 Å². The number of hydrogen-bond acceptors (Lipinski definition) is 2. The van der Waals surface area contributed by atoms with Gasteiger partial charge in [-0.25, -0.2) is 4.98 Å². The molecule has 0 radical (unpaired) electrons. The predicted molar refractivity (Wildman–Crippen MR) is 87.4 cm³/mol. The van der Waals surface area contributed by atoms with Crippen LogP contribution >= 0.6 is 0 Å². The standard InChI is InChI=1S/C18H23N3/c1-2-8-17(9-3-1)21-14-7-5-11-18(21)10-4-6-13-20-15-12-19-16-20/h1-3,5,7-9,12,15-16,18H,4,6,10-11,13-14H2. The Balaban J connectivity index is 1.52. The highest BCUT2D eigenvalue weighted by molar-refractivity contribution is 5.48. The molecule has 0 spiro atoms. The predicted octanol–water partition coefficient (Wildman–Crippen LogP) is 3.89. The van der Waals surface area contributed by atoms with Crippen LogP contribution in [0.5, 0.6) is 0 Å². The number of aryl methyl sites for hydroxylation is 1. The van der Waals surface area contributed by atoms with E-state index in [2.05, 4.69) is 56.9 Å². The van der Waals surface area contributed by atoms with Gasteiger partial charge in [-0.05, 0) is 37.8 Å². The molecule has 2 heterocycles. The van der Waals surface area contributed by atoms with Crippen LogP contribution in [0.25, 0.3) is 0 Å². The van der Waals surface area contributed by atoms with Gasteiger partial charge in [-0.1, -0.05) is 30.4 Å². The molecule has 1 aromatic heterocycles. The molecule has 2 aromatic rings. The lowest BCUT2D eigenvalue weighted by molar-refractivity contribution is 0.502. The van der Waals surface area contributed by atoms with Crippen LogP contribution in [0.1, 0.15) is 25.7 Å². The number of benzene rings is 1. The van der Waals surface area contributed by atoms with Gasteiger partial charge in [-0.3, -0.25) is 0 Å². The highest BCUT2D eigenvalue weighted by Gasteiger charge is 2.19. The van der Waals surface area contributed by atoms with Gasteiger partial charge in [-0.15, -0.1) is 0 Å². The Labute approximate surface area is 126 Å². The molecule has 0 saturated heterocycles. The van der Waals surface area contributed by atoms with E-state index in [9.17, 15) is 0 Å². The highest BCUT2D eigenvalue weighted by atomic mass is 15.2. The average molecular weight is 281 g/mol. The van der Waals surface area contributed by atoms with Crippen LogP contribution in [-0.4, -0.2) is 22.1 Å². The van der Waals surface area contributed by atoms with Crippen LogP contribution in [0.2, 0.25) is 0 Å². The third-order valence-corrected chi connectivity index (χ3v) is 4.17. The summed E-state index contributed by atoms with van der Waals surface area (Å²) in [6, 6.07) is 11.4. The molecule has 3 heteroatoms. The molecule has 0 bridgehead atoms. The number of anilines is 1. The minimum Gasteiger partial charge on any atom is -0.365 e. The van der Waals surface area contributed by atoms with Crippen molar-refractivity contribution in [2.45, 2.75) is 38.3 Å². The summed E-state index contributed by atoms with van der Waals surface area (Å²) in [6.07, 6.45) is 15.3. The van der Waals surface area contributed by atoms with Gasteiger partial charge in [0.05, 0.1) is 6.33 Å². The summed E-state index contributed by atoms with van der Waals surface area (Å²) >= 11 is 0. The lowest BCUT2D eigenvalue weighted by atomic mass is 10.0. The van der Waals surface area contributed by atoms with E-state index in [-0.39, 0.29) is 0 Å². The van der Waals surface area contributed by atoms with Crippen molar-refractivity contribution >= 4 is 5.69 Å². The zero-order valence-corrected chi connectivity index (χ0v) is 12.4. The van der Waals surface area contributed by atoms with Gasteiger partial charge in [0.15, 0.2) is 0 Å². The smallest absolute Gasteiger partial charge is 0.0945 e. The molecular formula is C18H23N3. The summed E-state index contributed by atoms with van der Waals surface area (Å²) in [5.41, 5.74) is 1.35. The number of rotatable bonds is 6. The Morgan fingerprint density at radius 3 is 2.81 bits per heavy atom. The normalized spacial score (nSPS) is 18.1. The third-order valence-electron chi connectivity index (χ3n) is 4.17. The van der Waals surface area contributed by atoms with Crippen molar-refractivity contribution in [1.29, 1.82) is 0 Å². The molecule has 0 aliphatic carbocycles. The number of imidazole rings is 1. The Morgan fingerprint density at radius 2 is 2.00 bits per heavy atom. The van der Waals surface area contributed by atoms with E-state index in [1.165, 1.54) is 31.4 Å². The molecule has 3 rings (SSSR count). The molecule has 110 valence electrons. The van der Waals surface area contributed by atoms with Crippen molar-refractivity contribution in [2.24, 2.45) is 0 Å². The van der Waals surface area contributed by atoms with Gasteiger partial charge in [0.1, 0.15) is 0 Å². The molecule has 1 atom stereocenters. The van der Waals surface area contributed by atoms with Crippen LogP contribution < -0.4 is 4.90 Å². The summed E-state index contributed by atoms with van der Waals surface area (Å²) in [6.45, 7) is 2.12. The van der Waals surface area contributed by atoms with E-state index in [1.807, 2.05) is 18.7 Å². The second-order valence-corrected chi connectivity index (χ2v) is 5.65. The van der Waals surface area contributed by atoms with E-state index in [1.54, 1.807) is 0 Å². The molecule has 1 aliphatic heterocycles. The first-order valence-electron chi connectivity index (χ1n) is 7.86. The van der Waals surface area contributed by atoms with Gasteiger partial charge < -0.3 is 9.47 Å². The van der Waals surface area contributed by atoms with E-state index in [4.69, 9.17) is 0 Å². The van der Waals surface area contributed by atoms with E-state index >= 15 is 0 Å². The average Bonchev–Trinajstić information content (AvgIpc) is 3.06. The van der Waals surface area contributed by atoms with E-state index in [0.717, 1.165) is 13.1 Å². The summed E-state index contributed by atoms with van der Waals surface area (Å²) in [5.74, 6) is 0. The zero-order valence-electron chi connectivity index (χ0n) is 12.4. The number of nitrogens with zero attached hydrogens (tertiary/aromatic N) is 3. The monoisotopic (exact) mass is 281 g/mol. The molecule has 0 fully saturated rings. The number of aromatic nitrogens is 2. The van der Waals surface area contributed by atoms with Gasteiger partial charge in [-0.2, -0.15) is 0 Å². The van der Waals surface area contributed by atoms with Crippen LogP contribution in [0.15, 0.2) is 61.2 Å². The second kappa shape index (κ2) is 7.11. The third kappa shape index (κ3) is 3.75. The summed E-state index contributed by atoms with van der Waals surface area (Å²) in [7, 11) is 0. The lowest BCUT2D eigenvalue weighted by Crippen LogP contribution is -2.37. The molecule has 0 saturated carbocycles. The first-order valence-corrected chi connectivity index (χ1v) is 7.86. The van der Waals surface area contributed by atoms with Gasteiger partial charge in [0.2, 0.25) is 0 Å². The topological polar surface area (TPSA) is 21.1 Å². The maximum Gasteiger partial charge on any atom is 0.0945 e. The molecule has 0 amide bonds. The van der Waals surface area contributed by atoms with Crippen molar-refractivity contribution in [3.8, 4) is 0 Å². The Kier molecular flexibility index (Phi) is 4.72. The summed E-state index contributed by atoms with van der Waals surface area (Å²) in [5, 5.41) is 0. The quantitative estimate of drug-likeness (QED) is 0.591. The fourth-order valence-electron chi connectivity index (χ4n) is 3.02. The Bertz CT molecular complexity index is 545. The molecular weight excluding hydrogens is 258 g/mol. The van der Waals surface area contributed by atoms with Crippen molar-refractivity contribution in [2.75, 3.05) is 11.4 Å². The van der Waals surface area contributed by atoms with Crippen molar-refractivity contribution in [3.63, 3.8) is 0 Å². The first-order chi connectivity index (χ1) is 10.4. The molecule has 1 unspecified atom stereocenters.